The van der Waals surface area contributed by atoms with Crippen LogP contribution in [-0.2, 0) is 0 Å². The quantitative estimate of drug-likeness (QED) is 0.878. The van der Waals surface area contributed by atoms with Crippen LogP contribution in [0.2, 0.25) is 5.02 Å². The minimum absolute atomic E-state index is 0.0156. The average Bonchev–Trinajstić information content (AvgIpc) is 2.77. The Labute approximate surface area is 120 Å². The smallest absolute Gasteiger partial charge is 0.265 e. The second-order valence-corrected chi connectivity index (χ2v) is 6.19. The second kappa shape index (κ2) is 5.12. The molecule has 1 N–H and O–H groups in total. The molecule has 0 atom stereocenters. The maximum Gasteiger partial charge on any atom is 0.265 e. The fourth-order valence-electron chi connectivity index (χ4n) is 2.36. The summed E-state index contributed by atoms with van der Waals surface area (Å²) >= 11 is 7.75. The molecule has 0 radical (unpaired) electrons. The Morgan fingerprint density at radius 3 is 2.68 bits per heavy atom. The summed E-state index contributed by atoms with van der Waals surface area (Å²) in [7, 11) is 0. The van der Waals surface area contributed by atoms with Crippen LogP contribution in [0.15, 0.2) is 24.3 Å². The highest BCUT2D eigenvalue weighted by Gasteiger charge is 2.25. The van der Waals surface area contributed by atoms with Crippen molar-refractivity contribution in [3.63, 3.8) is 0 Å². The highest BCUT2D eigenvalue weighted by molar-refractivity contribution is 7.21. The van der Waals surface area contributed by atoms with Crippen LogP contribution in [0.25, 0.3) is 10.1 Å². The normalized spacial score (nSPS) is 17.1. The predicted octanol–water partition coefficient (Wildman–Crippen LogP) is 3.15. The van der Waals surface area contributed by atoms with E-state index in [4.69, 9.17) is 11.6 Å². The highest BCUT2D eigenvalue weighted by atomic mass is 35.5. The molecule has 2 aromatic rings. The number of aliphatic hydroxyl groups excluding tert-OH is 1. The van der Waals surface area contributed by atoms with Gasteiger partial charge in [-0.3, -0.25) is 4.79 Å². The van der Waals surface area contributed by atoms with Crippen LogP contribution in [0, 0.1) is 0 Å². The number of rotatable bonds is 1. The van der Waals surface area contributed by atoms with Gasteiger partial charge in [-0.15, -0.1) is 11.3 Å². The first-order valence-corrected chi connectivity index (χ1v) is 7.50. The Kier molecular flexibility index (Phi) is 3.48. The topological polar surface area (TPSA) is 40.5 Å². The van der Waals surface area contributed by atoms with E-state index in [1.807, 2.05) is 24.3 Å². The lowest BCUT2D eigenvalue weighted by molar-refractivity contribution is 0.0551. The Morgan fingerprint density at radius 1 is 1.32 bits per heavy atom. The zero-order valence-electron chi connectivity index (χ0n) is 10.3. The molecule has 1 aromatic carbocycles. The maximum atomic E-state index is 12.5. The molecule has 3 nitrogen and oxygen atoms in total. The molecule has 1 aliphatic rings. The maximum absolute atomic E-state index is 12.5. The van der Waals surface area contributed by atoms with Crippen molar-refractivity contribution in [1.82, 2.24) is 4.90 Å². The van der Waals surface area contributed by atoms with Gasteiger partial charge in [0.1, 0.15) is 4.88 Å². The number of hydrogen-bond donors (Lipinski definition) is 1. The summed E-state index contributed by atoms with van der Waals surface area (Å²) in [6.45, 7) is 1.20. The second-order valence-electron chi connectivity index (χ2n) is 4.76. The molecule has 5 heteroatoms. The zero-order valence-corrected chi connectivity index (χ0v) is 11.9. The van der Waals surface area contributed by atoms with Gasteiger partial charge >= 0.3 is 0 Å². The van der Waals surface area contributed by atoms with Crippen molar-refractivity contribution < 1.29 is 9.90 Å². The number of carbonyl (C=O) groups excluding carboxylic acids is 1. The molecule has 0 unspecified atom stereocenters. The van der Waals surface area contributed by atoms with Gasteiger partial charge in [-0.25, -0.2) is 0 Å². The number of aliphatic hydroxyl groups is 1. The van der Waals surface area contributed by atoms with Crippen molar-refractivity contribution in [3.8, 4) is 0 Å². The molecule has 0 aliphatic carbocycles. The van der Waals surface area contributed by atoms with Gasteiger partial charge in [0.25, 0.3) is 5.91 Å². The lowest BCUT2D eigenvalue weighted by Gasteiger charge is -2.29. The average molecular weight is 296 g/mol. The van der Waals surface area contributed by atoms with Crippen LogP contribution < -0.4 is 0 Å². The van der Waals surface area contributed by atoms with Crippen LogP contribution in [0.1, 0.15) is 22.5 Å². The first-order chi connectivity index (χ1) is 9.16. The number of nitrogens with zero attached hydrogens (tertiary/aromatic N) is 1. The minimum atomic E-state index is -0.276. The monoisotopic (exact) mass is 295 g/mol. The van der Waals surface area contributed by atoms with Crippen molar-refractivity contribution in [2.75, 3.05) is 13.1 Å². The van der Waals surface area contributed by atoms with Crippen LogP contribution in [0.3, 0.4) is 0 Å². The molecule has 1 aromatic heterocycles. The third kappa shape index (κ3) is 2.36. The minimum Gasteiger partial charge on any atom is -0.393 e. The van der Waals surface area contributed by atoms with E-state index < -0.39 is 0 Å². The van der Waals surface area contributed by atoms with Gasteiger partial charge in [0.05, 0.1) is 11.1 Å². The summed E-state index contributed by atoms with van der Waals surface area (Å²) in [4.78, 5) is 14.9. The van der Waals surface area contributed by atoms with Gasteiger partial charge in [0, 0.05) is 23.2 Å². The van der Waals surface area contributed by atoms with Crippen molar-refractivity contribution >= 4 is 38.9 Å². The SMILES string of the molecule is O=C(c1sc2ccccc2c1Cl)N1CCC(O)CC1. The van der Waals surface area contributed by atoms with Crippen LogP contribution >= 0.6 is 22.9 Å². The molecule has 100 valence electrons. The molecule has 0 saturated carbocycles. The van der Waals surface area contributed by atoms with Gasteiger partial charge in [-0.05, 0) is 18.9 Å². The first-order valence-electron chi connectivity index (χ1n) is 6.31. The van der Waals surface area contributed by atoms with Crippen molar-refractivity contribution in [2.24, 2.45) is 0 Å². The third-order valence-electron chi connectivity index (χ3n) is 3.48. The number of amides is 1. The Hall–Kier alpha value is -1.10. The fourth-order valence-corrected chi connectivity index (χ4v) is 3.84. The van der Waals surface area contributed by atoms with E-state index in [1.54, 1.807) is 4.90 Å². The third-order valence-corrected chi connectivity index (χ3v) is 5.14. The lowest BCUT2D eigenvalue weighted by atomic mass is 10.1. The molecule has 3 rings (SSSR count). The number of benzene rings is 1. The van der Waals surface area contributed by atoms with Crippen molar-refractivity contribution in [3.05, 3.63) is 34.2 Å². The standard InChI is InChI=1S/C14H14ClNO2S/c15-12-10-3-1-2-4-11(10)19-13(12)14(18)16-7-5-9(17)6-8-16/h1-4,9,17H,5-8H2. The summed E-state index contributed by atoms with van der Waals surface area (Å²) in [6, 6.07) is 7.78. The van der Waals surface area contributed by atoms with E-state index in [0.29, 0.717) is 35.8 Å². The van der Waals surface area contributed by atoms with Crippen LogP contribution in [0.5, 0.6) is 0 Å². The van der Waals surface area contributed by atoms with E-state index >= 15 is 0 Å². The number of thiophene rings is 1. The number of halogens is 1. The van der Waals surface area contributed by atoms with E-state index in [9.17, 15) is 9.90 Å². The van der Waals surface area contributed by atoms with Gasteiger partial charge in [-0.1, -0.05) is 29.8 Å². The first kappa shape index (κ1) is 12.9. The molecule has 1 amide bonds. The Balaban J connectivity index is 1.91. The number of carbonyl (C=O) groups is 1. The number of likely N-dealkylation sites (tertiary alicyclic amines) is 1. The van der Waals surface area contributed by atoms with Gasteiger partial charge in [0.15, 0.2) is 0 Å². The summed E-state index contributed by atoms with van der Waals surface area (Å²) < 4.78 is 1.04. The largest absolute Gasteiger partial charge is 0.393 e. The molecule has 1 aliphatic heterocycles. The molecule has 19 heavy (non-hydrogen) atoms. The molecule has 1 saturated heterocycles. The molecular weight excluding hydrogens is 282 g/mol. The molecule has 0 bridgehead atoms. The van der Waals surface area contributed by atoms with Gasteiger partial charge in [-0.2, -0.15) is 0 Å². The van der Waals surface area contributed by atoms with E-state index in [2.05, 4.69) is 0 Å². The van der Waals surface area contributed by atoms with Crippen molar-refractivity contribution in [1.29, 1.82) is 0 Å². The number of hydrogen-bond acceptors (Lipinski definition) is 3. The predicted molar refractivity (Wildman–Crippen MR) is 78.0 cm³/mol. The summed E-state index contributed by atoms with van der Waals surface area (Å²) in [5, 5.41) is 11.0. The van der Waals surface area contributed by atoms with E-state index in [1.165, 1.54) is 11.3 Å². The molecule has 2 heterocycles. The Morgan fingerprint density at radius 2 is 2.00 bits per heavy atom. The number of fused-ring (bicyclic) bond motifs is 1. The molecule has 0 spiro atoms. The van der Waals surface area contributed by atoms with Crippen molar-refractivity contribution in [2.45, 2.75) is 18.9 Å². The van der Waals surface area contributed by atoms with E-state index in [-0.39, 0.29) is 12.0 Å². The van der Waals surface area contributed by atoms with Crippen LogP contribution in [-0.4, -0.2) is 35.1 Å². The van der Waals surface area contributed by atoms with Gasteiger partial charge < -0.3 is 10.0 Å². The zero-order chi connectivity index (χ0) is 13.4. The van der Waals surface area contributed by atoms with Crippen LogP contribution in [0.4, 0.5) is 0 Å². The lowest BCUT2D eigenvalue weighted by Crippen LogP contribution is -2.39. The molecule has 1 fully saturated rings. The summed E-state index contributed by atoms with van der Waals surface area (Å²) in [6.07, 6.45) is 1.02. The number of piperidine rings is 1. The summed E-state index contributed by atoms with van der Waals surface area (Å²) in [5.41, 5.74) is 0. The fraction of sp³-hybridized carbons (Fsp3) is 0.357. The van der Waals surface area contributed by atoms with Gasteiger partial charge in [0.2, 0.25) is 0 Å². The van der Waals surface area contributed by atoms with E-state index in [0.717, 1.165) is 10.1 Å². The Bertz CT molecular complexity index is 617. The summed E-state index contributed by atoms with van der Waals surface area (Å²) in [5.74, 6) is -0.0156. The molecular formula is C14H14ClNO2S. The highest BCUT2D eigenvalue weighted by Crippen LogP contribution is 2.36.